The molecule has 0 unspecified atom stereocenters. The van der Waals surface area contributed by atoms with Crippen LogP contribution in [-0.4, -0.2) is 35.9 Å². The van der Waals surface area contributed by atoms with Crippen molar-refractivity contribution in [3.8, 4) is 0 Å². The number of rotatable bonds is 3. The van der Waals surface area contributed by atoms with E-state index in [1.165, 1.54) is 11.3 Å². The Hall–Kier alpha value is -2.47. The average Bonchev–Trinajstić information content (AvgIpc) is 3.17. The van der Waals surface area contributed by atoms with Gasteiger partial charge in [-0.15, -0.1) is 0 Å². The molecule has 0 fully saturated rings. The molecule has 1 aliphatic rings. The summed E-state index contributed by atoms with van der Waals surface area (Å²) in [6.45, 7) is 1.82. The van der Waals surface area contributed by atoms with E-state index in [1.54, 1.807) is 6.33 Å². The van der Waals surface area contributed by atoms with E-state index in [0.717, 1.165) is 31.0 Å². The first-order chi connectivity index (χ1) is 10.8. The molecule has 0 amide bonds. The monoisotopic (exact) mass is 294 g/mol. The van der Waals surface area contributed by atoms with E-state index in [0.29, 0.717) is 0 Å². The number of imidazole rings is 2. The van der Waals surface area contributed by atoms with Gasteiger partial charge in [-0.25, -0.2) is 9.97 Å². The number of nitrogens with one attached hydrogen (secondary N) is 1. The fraction of sp³-hybridized carbons (Fsp3) is 0.312. The Morgan fingerprint density at radius 2 is 2.27 bits per heavy atom. The second-order valence-electron chi connectivity index (χ2n) is 5.65. The van der Waals surface area contributed by atoms with Gasteiger partial charge < -0.3 is 9.55 Å². The average molecular weight is 294 g/mol. The highest BCUT2D eigenvalue weighted by molar-refractivity contribution is 5.27. The number of hydrogen-bond donors (Lipinski definition) is 1. The summed E-state index contributed by atoms with van der Waals surface area (Å²) in [5.74, 6) is 1.02. The largest absolute Gasteiger partial charge is 0.348 e. The summed E-state index contributed by atoms with van der Waals surface area (Å²) in [6, 6.07) is 4.17. The van der Waals surface area contributed by atoms with Crippen LogP contribution in [0.25, 0.3) is 0 Å². The van der Waals surface area contributed by atoms with Crippen molar-refractivity contribution in [2.75, 3.05) is 6.54 Å². The summed E-state index contributed by atoms with van der Waals surface area (Å²) in [7, 11) is 2.03. The molecule has 4 heterocycles. The molecule has 1 aliphatic heterocycles. The summed E-state index contributed by atoms with van der Waals surface area (Å²) >= 11 is 0. The summed E-state index contributed by atoms with van der Waals surface area (Å²) in [5, 5.41) is 0. The minimum atomic E-state index is 0.0789. The van der Waals surface area contributed by atoms with Crippen LogP contribution < -0.4 is 0 Å². The number of fused-ring (bicyclic) bond motifs is 1. The summed E-state index contributed by atoms with van der Waals surface area (Å²) in [5.41, 5.74) is 3.51. The lowest BCUT2D eigenvalue weighted by atomic mass is 10.0. The zero-order valence-electron chi connectivity index (χ0n) is 12.5. The summed E-state index contributed by atoms with van der Waals surface area (Å²) in [6.07, 6.45) is 10.3. The number of aromatic nitrogens is 5. The molecule has 22 heavy (non-hydrogen) atoms. The van der Waals surface area contributed by atoms with Crippen molar-refractivity contribution in [1.29, 1.82) is 0 Å². The normalized spacial score (nSPS) is 18.3. The van der Waals surface area contributed by atoms with Gasteiger partial charge in [0.25, 0.3) is 0 Å². The van der Waals surface area contributed by atoms with Gasteiger partial charge in [0.05, 0.1) is 12.0 Å². The maximum absolute atomic E-state index is 4.56. The summed E-state index contributed by atoms with van der Waals surface area (Å²) in [4.78, 5) is 19.0. The Bertz CT molecular complexity index is 760. The Kier molecular flexibility index (Phi) is 3.23. The first-order valence-electron chi connectivity index (χ1n) is 7.45. The van der Waals surface area contributed by atoms with Crippen LogP contribution in [0, 0.1) is 0 Å². The Balaban J connectivity index is 1.73. The Morgan fingerprint density at radius 3 is 3.05 bits per heavy atom. The van der Waals surface area contributed by atoms with Gasteiger partial charge in [0, 0.05) is 57.0 Å². The topological polar surface area (TPSA) is 62.6 Å². The lowest BCUT2D eigenvalue weighted by molar-refractivity contribution is 0.190. The maximum Gasteiger partial charge on any atom is 0.132 e. The predicted molar refractivity (Wildman–Crippen MR) is 82.0 cm³/mol. The Labute approximate surface area is 128 Å². The van der Waals surface area contributed by atoms with E-state index in [2.05, 4.69) is 35.5 Å². The summed E-state index contributed by atoms with van der Waals surface area (Å²) < 4.78 is 2.07. The number of pyridine rings is 1. The van der Waals surface area contributed by atoms with Crippen molar-refractivity contribution in [2.45, 2.75) is 19.0 Å². The van der Waals surface area contributed by atoms with Gasteiger partial charge in [0.15, 0.2) is 0 Å². The third-order valence-corrected chi connectivity index (χ3v) is 4.24. The van der Waals surface area contributed by atoms with Crippen LogP contribution >= 0.6 is 0 Å². The second kappa shape index (κ2) is 5.38. The SMILES string of the molecule is Cn1ccnc1[C@@H]1c2nc[nH]c2CCN1Cc1cccnc1. The number of H-pyrrole nitrogens is 1. The molecule has 1 atom stereocenters. The highest BCUT2D eigenvalue weighted by atomic mass is 15.2. The van der Waals surface area contributed by atoms with Crippen LogP contribution in [0.4, 0.5) is 0 Å². The van der Waals surface area contributed by atoms with Crippen LogP contribution in [0.3, 0.4) is 0 Å². The van der Waals surface area contributed by atoms with Gasteiger partial charge in [0.2, 0.25) is 0 Å². The number of aryl methyl sites for hydroxylation is 1. The molecular formula is C16H18N6. The van der Waals surface area contributed by atoms with Gasteiger partial charge in [-0.05, 0) is 11.6 Å². The highest BCUT2D eigenvalue weighted by Crippen LogP contribution is 2.33. The predicted octanol–water partition coefficient (Wildman–Crippen LogP) is 1.69. The van der Waals surface area contributed by atoms with Crippen molar-refractivity contribution < 1.29 is 0 Å². The Morgan fingerprint density at radius 1 is 1.32 bits per heavy atom. The van der Waals surface area contributed by atoms with Gasteiger partial charge in [-0.2, -0.15) is 0 Å². The van der Waals surface area contributed by atoms with Gasteiger partial charge in [-0.3, -0.25) is 9.88 Å². The van der Waals surface area contributed by atoms with Gasteiger partial charge in [0.1, 0.15) is 11.9 Å². The van der Waals surface area contributed by atoms with Crippen LogP contribution in [0.15, 0.2) is 43.2 Å². The van der Waals surface area contributed by atoms with Crippen molar-refractivity contribution in [3.05, 3.63) is 66.0 Å². The maximum atomic E-state index is 4.56. The molecule has 1 N–H and O–H groups in total. The molecule has 6 heteroatoms. The first kappa shape index (κ1) is 13.2. The molecule has 0 radical (unpaired) electrons. The number of hydrogen-bond acceptors (Lipinski definition) is 4. The lowest BCUT2D eigenvalue weighted by Gasteiger charge is -2.34. The first-order valence-corrected chi connectivity index (χ1v) is 7.45. The van der Waals surface area contributed by atoms with E-state index in [4.69, 9.17) is 0 Å². The van der Waals surface area contributed by atoms with Crippen LogP contribution in [0.2, 0.25) is 0 Å². The molecule has 0 saturated carbocycles. The molecule has 112 valence electrons. The van der Waals surface area contributed by atoms with Gasteiger partial charge in [-0.1, -0.05) is 6.07 Å². The van der Waals surface area contributed by atoms with Gasteiger partial charge >= 0.3 is 0 Å². The molecule has 0 bridgehead atoms. The van der Waals surface area contributed by atoms with E-state index in [1.807, 2.05) is 37.9 Å². The standard InChI is InChI=1S/C16H18N6/c1-21-8-6-18-16(21)15-14-13(19-11-20-14)4-7-22(15)10-12-3-2-5-17-9-12/h2-3,5-6,8-9,11,15H,4,7,10H2,1H3,(H,19,20)/t15-/m0/s1. The molecule has 0 aliphatic carbocycles. The number of nitrogens with zero attached hydrogens (tertiary/aromatic N) is 5. The molecular weight excluding hydrogens is 276 g/mol. The zero-order valence-corrected chi connectivity index (χ0v) is 12.5. The number of aromatic amines is 1. The fourth-order valence-corrected chi connectivity index (χ4v) is 3.15. The van der Waals surface area contributed by atoms with Crippen molar-refractivity contribution in [2.24, 2.45) is 7.05 Å². The molecule has 3 aromatic rings. The smallest absolute Gasteiger partial charge is 0.132 e. The van der Waals surface area contributed by atoms with Crippen molar-refractivity contribution in [3.63, 3.8) is 0 Å². The zero-order chi connectivity index (χ0) is 14.9. The minimum Gasteiger partial charge on any atom is -0.348 e. The third-order valence-electron chi connectivity index (χ3n) is 4.24. The molecule has 0 saturated heterocycles. The molecule has 0 aromatic carbocycles. The molecule has 6 nitrogen and oxygen atoms in total. The second-order valence-corrected chi connectivity index (χ2v) is 5.65. The van der Waals surface area contributed by atoms with E-state index in [-0.39, 0.29) is 6.04 Å². The van der Waals surface area contributed by atoms with E-state index >= 15 is 0 Å². The quantitative estimate of drug-likeness (QED) is 0.798. The molecule has 0 spiro atoms. The van der Waals surface area contributed by atoms with Crippen molar-refractivity contribution >= 4 is 0 Å². The lowest BCUT2D eigenvalue weighted by Crippen LogP contribution is -2.37. The molecule has 4 rings (SSSR count). The van der Waals surface area contributed by atoms with Crippen LogP contribution in [-0.2, 0) is 20.0 Å². The third kappa shape index (κ3) is 2.21. The molecule has 3 aromatic heterocycles. The minimum absolute atomic E-state index is 0.0789. The van der Waals surface area contributed by atoms with E-state index in [9.17, 15) is 0 Å². The van der Waals surface area contributed by atoms with E-state index < -0.39 is 0 Å². The highest BCUT2D eigenvalue weighted by Gasteiger charge is 2.33. The van der Waals surface area contributed by atoms with Crippen LogP contribution in [0.5, 0.6) is 0 Å². The van der Waals surface area contributed by atoms with Crippen molar-refractivity contribution in [1.82, 2.24) is 29.4 Å². The van der Waals surface area contributed by atoms with Crippen LogP contribution in [0.1, 0.15) is 28.8 Å². The fourth-order valence-electron chi connectivity index (χ4n) is 3.15.